The zero-order valence-corrected chi connectivity index (χ0v) is 43.6. The summed E-state index contributed by atoms with van der Waals surface area (Å²) in [6.07, 6.45) is 4.67. The van der Waals surface area contributed by atoms with Crippen molar-refractivity contribution >= 4 is 66.1 Å². The molecule has 3 saturated heterocycles. The lowest BCUT2D eigenvalue weighted by Gasteiger charge is -2.42. The summed E-state index contributed by atoms with van der Waals surface area (Å²) in [6, 6.07) is 26.8. The number of nitrogens with one attached hydrogen (secondary N) is 2. The molecular formula is C52H64ClF3N6O5S3. The molecule has 4 aromatic carbocycles. The van der Waals surface area contributed by atoms with Crippen molar-refractivity contribution in [1.29, 1.82) is 0 Å². The molecule has 0 aromatic heterocycles. The van der Waals surface area contributed by atoms with Gasteiger partial charge in [-0.2, -0.15) is 13.2 Å². The number of thioether (sulfide) groups is 1. The molecule has 1 unspecified atom stereocenters. The fourth-order valence-electron chi connectivity index (χ4n) is 10.5. The van der Waals surface area contributed by atoms with Crippen LogP contribution in [0.1, 0.15) is 82.6 Å². The van der Waals surface area contributed by atoms with Gasteiger partial charge in [0.15, 0.2) is 0 Å². The minimum atomic E-state index is -6.06. The Morgan fingerprint density at radius 3 is 2.19 bits per heavy atom. The normalized spacial score (nSPS) is 21.0. The van der Waals surface area contributed by atoms with Crippen molar-refractivity contribution in [3.05, 3.63) is 119 Å². The summed E-state index contributed by atoms with van der Waals surface area (Å²) in [7, 11) is -10.9. The topological polar surface area (TPSA) is 122 Å². The van der Waals surface area contributed by atoms with E-state index in [0.29, 0.717) is 41.9 Å². The highest BCUT2D eigenvalue weighted by Crippen LogP contribution is 2.43. The van der Waals surface area contributed by atoms with Crippen molar-refractivity contribution in [2.45, 2.75) is 111 Å². The summed E-state index contributed by atoms with van der Waals surface area (Å²) in [5.74, 6) is -0.626. The highest BCUT2D eigenvalue weighted by Gasteiger charge is 2.49. The summed E-state index contributed by atoms with van der Waals surface area (Å²) < 4.78 is 98.8. The van der Waals surface area contributed by atoms with Crippen molar-refractivity contribution in [3.63, 3.8) is 0 Å². The van der Waals surface area contributed by atoms with Gasteiger partial charge in [0.1, 0.15) is 4.90 Å². The van der Waals surface area contributed by atoms with E-state index in [1.807, 2.05) is 47.2 Å². The number of hydrogen-bond acceptors (Lipinski definition) is 11. The first-order valence-electron chi connectivity index (χ1n) is 24.0. The van der Waals surface area contributed by atoms with Crippen LogP contribution in [0.15, 0.2) is 117 Å². The van der Waals surface area contributed by atoms with Crippen molar-refractivity contribution in [3.8, 4) is 0 Å². The summed E-state index contributed by atoms with van der Waals surface area (Å²) in [4.78, 5) is 21.9. The van der Waals surface area contributed by atoms with Crippen molar-refractivity contribution in [2.24, 2.45) is 5.41 Å². The van der Waals surface area contributed by atoms with Crippen LogP contribution in [-0.4, -0.2) is 125 Å². The number of halogens is 4. The predicted octanol–water partition coefficient (Wildman–Crippen LogP) is 10.1. The number of carbonyl (C=O) groups is 1. The van der Waals surface area contributed by atoms with Gasteiger partial charge in [0.2, 0.25) is 0 Å². The Labute approximate surface area is 421 Å². The lowest BCUT2D eigenvalue weighted by Crippen LogP contribution is -2.53. The Morgan fingerprint density at radius 1 is 0.871 bits per heavy atom. The second-order valence-electron chi connectivity index (χ2n) is 20.9. The van der Waals surface area contributed by atoms with Crippen molar-refractivity contribution < 1.29 is 34.8 Å². The molecule has 4 aliphatic rings. The second kappa shape index (κ2) is 20.8. The number of carbonyl (C=O) groups excluding carboxylic acids is 1. The molecule has 4 aromatic rings. The van der Waals surface area contributed by atoms with Gasteiger partial charge in [0, 0.05) is 103 Å². The van der Waals surface area contributed by atoms with Gasteiger partial charge in [0.25, 0.3) is 25.8 Å². The van der Waals surface area contributed by atoms with Gasteiger partial charge in [-0.25, -0.2) is 21.6 Å². The lowest BCUT2D eigenvalue weighted by molar-refractivity contribution is -0.0435. The maximum absolute atomic E-state index is 14.3. The quantitative estimate of drug-likeness (QED) is 0.104. The molecule has 3 fully saturated rings. The monoisotopic (exact) mass is 1040 g/mol. The van der Waals surface area contributed by atoms with Gasteiger partial charge < -0.3 is 10.2 Å². The number of sulfone groups is 1. The molecule has 0 radical (unpaired) electrons. The fourth-order valence-corrected chi connectivity index (χ4v) is 13.6. The number of piperazine rings is 2. The molecule has 3 aliphatic heterocycles. The average molecular weight is 1040 g/mol. The van der Waals surface area contributed by atoms with E-state index in [4.69, 9.17) is 11.6 Å². The van der Waals surface area contributed by atoms with E-state index in [0.717, 1.165) is 94.2 Å². The van der Waals surface area contributed by atoms with Gasteiger partial charge in [-0.3, -0.25) is 19.5 Å². The zero-order valence-electron chi connectivity index (χ0n) is 40.4. The van der Waals surface area contributed by atoms with Crippen LogP contribution >= 0.6 is 23.4 Å². The largest absolute Gasteiger partial charge is 0.501 e. The molecule has 378 valence electrons. The molecule has 0 spiro atoms. The van der Waals surface area contributed by atoms with Gasteiger partial charge in [-0.05, 0) is 136 Å². The van der Waals surface area contributed by atoms with E-state index in [1.54, 1.807) is 12.1 Å². The third-order valence-corrected chi connectivity index (χ3v) is 18.5. The van der Waals surface area contributed by atoms with Crippen LogP contribution in [0.4, 0.5) is 24.5 Å². The summed E-state index contributed by atoms with van der Waals surface area (Å²) in [5.41, 5.74) is -0.942. The summed E-state index contributed by atoms with van der Waals surface area (Å²) in [5, 5.41) is 3.79. The highest BCUT2D eigenvalue weighted by atomic mass is 35.5. The first-order chi connectivity index (χ1) is 33.0. The molecule has 1 aliphatic carbocycles. The number of fused-ring (bicyclic) bond motifs is 2. The Hall–Kier alpha value is -4.10. The van der Waals surface area contributed by atoms with E-state index in [2.05, 4.69) is 71.7 Å². The fraction of sp³-hybridized carbons (Fsp3) is 0.481. The van der Waals surface area contributed by atoms with E-state index < -0.39 is 47.1 Å². The van der Waals surface area contributed by atoms with Crippen LogP contribution in [0.2, 0.25) is 5.02 Å². The molecule has 3 heterocycles. The maximum Gasteiger partial charge on any atom is 0.501 e. The van der Waals surface area contributed by atoms with Crippen LogP contribution < -0.4 is 14.9 Å². The summed E-state index contributed by atoms with van der Waals surface area (Å²) >= 11 is 7.68. The Balaban J connectivity index is 0.933. The SMILES string of the molecule is CC1(C)CCC(c2ccc(Cl)cc2)=C(CN2CCN(c3ccc(C(=O)NS(=O)(=O)c4ccc(NC(CCN5C[C@@H]6C[C@H]5CN6C(C)(C)C)CSc5ccccc5)c(S(=O)(=O)C(F)(F)F)c4)cc3)CC2)C1. The molecule has 2 bridgehead atoms. The number of amides is 1. The number of sulfonamides is 1. The number of anilines is 2. The number of nitrogens with zero attached hydrogens (tertiary/aromatic N) is 4. The first-order valence-corrected chi connectivity index (χ1v) is 28.3. The van der Waals surface area contributed by atoms with E-state index in [9.17, 15) is 34.8 Å². The molecule has 1 amide bonds. The van der Waals surface area contributed by atoms with Gasteiger partial charge in [-0.1, -0.05) is 61.4 Å². The molecule has 2 N–H and O–H groups in total. The Bertz CT molecular complexity index is 2760. The number of hydrogen-bond donors (Lipinski definition) is 2. The summed E-state index contributed by atoms with van der Waals surface area (Å²) in [6.45, 7) is 17.6. The van der Waals surface area contributed by atoms with Crippen molar-refractivity contribution in [2.75, 3.05) is 68.3 Å². The standard InChI is InChI=1S/C52H64ClF3N6O5S3/c1-50(2,3)62-34-42-29-43(62)33-61(42)24-22-40(35-68-44-9-7-6-8-10-44)57-47-20-19-45(30-48(47)69(64,65)52(54,55)56)70(66,67)58-49(63)37-13-17-41(18-14-37)60-27-25-59(26-28-60)32-38-31-51(4,5)23-21-46(38)36-11-15-39(53)16-12-36/h6-20,30,40,42-43,57H,21-29,31-35H2,1-5H3,(H,58,63)/t40?,42-,43-/m0/s1. The highest BCUT2D eigenvalue weighted by molar-refractivity contribution is 7.99. The van der Waals surface area contributed by atoms with Crippen LogP contribution in [0.25, 0.3) is 5.57 Å². The van der Waals surface area contributed by atoms with E-state index in [-0.39, 0.29) is 22.2 Å². The smallest absolute Gasteiger partial charge is 0.380 e. The number of likely N-dealkylation sites (tertiary alicyclic amines) is 2. The Kier molecular flexibility index (Phi) is 15.5. The molecule has 18 heteroatoms. The van der Waals surface area contributed by atoms with Crippen molar-refractivity contribution in [1.82, 2.24) is 19.4 Å². The third kappa shape index (κ3) is 12.2. The van der Waals surface area contributed by atoms with Gasteiger partial charge >= 0.3 is 5.51 Å². The van der Waals surface area contributed by atoms with Crippen LogP contribution in [0.3, 0.4) is 0 Å². The molecule has 70 heavy (non-hydrogen) atoms. The first kappa shape index (κ1) is 52.2. The number of alkyl halides is 3. The minimum absolute atomic E-state index is 0.00468. The second-order valence-corrected chi connectivity index (χ2v) is 26.0. The van der Waals surface area contributed by atoms with Crippen LogP contribution in [0, 0.1) is 5.41 Å². The number of benzene rings is 4. The maximum atomic E-state index is 14.3. The zero-order chi connectivity index (χ0) is 50.2. The molecule has 3 atom stereocenters. The molecule has 11 nitrogen and oxygen atoms in total. The van der Waals surface area contributed by atoms with Crippen LogP contribution in [0.5, 0.6) is 0 Å². The van der Waals surface area contributed by atoms with E-state index >= 15 is 0 Å². The molecular weight excluding hydrogens is 977 g/mol. The Morgan fingerprint density at radius 2 is 1.56 bits per heavy atom. The lowest BCUT2D eigenvalue weighted by atomic mass is 9.73. The molecule has 8 rings (SSSR count). The minimum Gasteiger partial charge on any atom is -0.380 e. The average Bonchev–Trinajstić information content (AvgIpc) is 3.92. The van der Waals surface area contributed by atoms with E-state index in [1.165, 1.54) is 40.6 Å². The van der Waals surface area contributed by atoms with Gasteiger partial charge in [-0.15, -0.1) is 11.8 Å². The predicted molar refractivity (Wildman–Crippen MR) is 275 cm³/mol. The number of rotatable bonds is 16. The van der Waals surface area contributed by atoms with Gasteiger partial charge in [0.05, 0.1) is 10.6 Å². The third-order valence-electron chi connectivity index (χ3n) is 14.3. The number of allylic oxidation sites excluding steroid dienone is 1. The van der Waals surface area contributed by atoms with Crippen LogP contribution in [-0.2, 0) is 19.9 Å². The molecule has 0 saturated carbocycles.